The maximum atomic E-state index is 13.6. The van der Waals surface area contributed by atoms with Gasteiger partial charge in [0.2, 0.25) is 5.88 Å². The van der Waals surface area contributed by atoms with Gasteiger partial charge in [-0.05, 0) is 53.4 Å². The van der Waals surface area contributed by atoms with Crippen LogP contribution in [-0.4, -0.2) is 20.7 Å². The van der Waals surface area contributed by atoms with Crippen LogP contribution < -0.4 is 0 Å². The molecule has 202 valence electrons. The van der Waals surface area contributed by atoms with Gasteiger partial charge in [0.05, 0.1) is 16.6 Å². The van der Waals surface area contributed by atoms with E-state index < -0.39 is 23.6 Å². The van der Waals surface area contributed by atoms with E-state index in [9.17, 15) is 28.2 Å². The fourth-order valence-electron chi connectivity index (χ4n) is 4.58. The molecule has 0 aliphatic rings. The fraction of sp³-hybridized carbons (Fsp3) is 0.129. The van der Waals surface area contributed by atoms with E-state index in [-0.39, 0.29) is 33.8 Å². The number of halogens is 3. The third-order valence-electron chi connectivity index (χ3n) is 6.66. The van der Waals surface area contributed by atoms with Crippen LogP contribution in [0.4, 0.5) is 24.5 Å². The summed E-state index contributed by atoms with van der Waals surface area (Å²) in [6.45, 7) is 4.04. The zero-order valence-electron chi connectivity index (χ0n) is 21.5. The van der Waals surface area contributed by atoms with Crippen LogP contribution in [0.2, 0.25) is 0 Å². The summed E-state index contributed by atoms with van der Waals surface area (Å²) in [6, 6.07) is 23.9. The number of fused-ring (bicyclic) bond motifs is 1. The predicted molar refractivity (Wildman–Crippen MR) is 147 cm³/mol. The molecule has 0 spiro atoms. The Hall–Kier alpha value is -4.92. The Kier molecular flexibility index (Phi) is 6.89. The first-order valence-electron chi connectivity index (χ1n) is 12.4. The van der Waals surface area contributed by atoms with Gasteiger partial charge in [-0.1, -0.05) is 68.4 Å². The molecule has 6 nitrogen and oxygen atoms in total. The average molecular weight is 544 g/mol. The first kappa shape index (κ1) is 26.7. The van der Waals surface area contributed by atoms with Crippen LogP contribution in [0.25, 0.3) is 27.7 Å². The minimum atomic E-state index is -4.60. The molecule has 0 aliphatic heterocycles. The van der Waals surface area contributed by atoms with Crippen molar-refractivity contribution in [3.63, 3.8) is 0 Å². The number of carboxylic acid groups (broad SMARTS) is 1. The molecule has 0 saturated carbocycles. The van der Waals surface area contributed by atoms with Crippen LogP contribution in [0.1, 0.15) is 41.3 Å². The summed E-state index contributed by atoms with van der Waals surface area (Å²) in [6.07, 6.45) is -4.60. The van der Waals surface area contributed by atoms with E-state index >= 15 is 0 Å². The van der Waals surface area contributed by atoms with Gasteiger partial charge in [0.15, 0.2) is 5.69 Å². The van der Waals surface area contributed by atoms with Gasteiger partial charge in [0.1, 0.15) is 5.69 Å². The summed E-state index contributed by atoms with van der Waals surface area (Å²) in [5.74, 6) is -1.42. The van der Waals surface area contributed by atoms with Gasteiger partial charge in [-0.25, -0.2) is 4.79 Å². The predicted octanol–water partition coefficient (Wildman–Crippen LogP) is 9.26. The topological polar surface area (TPSA) is 87.2 Å². The molecule has 5 aromatic rings. The van der Waals surface area contributed by atoms with E-state index in [1.165, 1.54) is 16.7 Å². The molecular formula is C31H24F3N3O3. The van der Waals surface area contributed by atoms with Crippen molar-refractivity contribution < 1.29 is 28.2 Å². The third kappa shape index (κ3) is 4.93. The number of nitrogens with zero attached hydrogens (tertiary/aromatic N) is 3. The first-order chi connectivity index (χ1) is 19.1. The lowest BCUT2D eigenvalue weighted by Gasteiger charge is -2.11. The lowest BCUT2D eigenvalue weighted by molar-refractivity contribution is -0.137. The Morgan fingerprint density at radius 1 is 0.850 bits per heavy atom. The number of carboxylic acids is 1. The van der Waals surface area contributed by atoms with Gasteiger partial charge in [-0.2, -0.15) is 13.2 Å². The lowest BCUT2D eigenvalue weighted by Crippen LogP contribution is -2.05. The number of benzene rings is 4. The normalized spacial score (nSPS) is 12.1. The molecule has 9 heteroatoms. The Morgan fingerprint density at radius 3 is 2.15 bits per heavy atom. The third-order valence-corrected chi connectivity index (χ3v) is 6.66. The van der Waals surface area contributed by atoms with Crippen LogP contribution in [0.3, 0.4) is 0 Å². The average Bonchev–Trinajstić information content (AvgIpc) is 3.21. The van der Waals surface area contributed by atoms with E-state index in [1.54, 1.807) is 48.5 Å². The molecule has 1 heterocycles. The second kappa shape index (κ2) is 10.3. The van der Waals surface area contributed by atoms with Gasteiger partial charge in [0, 0.05) is 16.6 Å². The highest BCUT2D eigenvalue weighted by atomic mass is 19.4. The lowest BCUT2D eigenvalue weighted by atomic mass is 10.0. The monoisotopic (exact) mass is 543 g/mol. The van der Waals surface area contributed by atoms with Crippen molar-refractivity contribution in [2.24, 2.45) is 10.2 Å². The van der Waals surface area contributed by atoms with E-state index in [0.717, 1.165) is 17.7 Å². The molecule has 0 radical (unpaired) electrons. The number of hydrogen-bond donors (Lipinski definition) is 2. The fourth-order valence-corrected chi connectivity index (χ4v) is 4.58. The summed E-state index contributed by atoms with van der Waals surface area (Å²) < 4.78 is 42.2. The summed E-state index contributed by atoms with van der Waals surface area (Å²) in [5, 5.41) is 29.8. The summed E-state index contributed by atoms with van der Waals surface area (Å²) >= 11 is 0. The molecule has 1 aromatic heterocycles. The Labute approximate surface area is 227 Å². The molecule has 0 fully saturated rings. The van der Waals surface area contributed by atoms with Gasteiger partial charge < -0.3 is 10.2 Å². The van der Waals surface area contributed by atoms with Gasteiger partial charge in [0.25, 0.3) is 0 Å². The van der Waals surface area contributed by atoms with Crippen LogP contribution in [-0.2, 0) is 6.18 Å². The maximum Gasteiger partial charge on any atom is 0.416 e. The molecule has 0 saturated heterocycles. The standard InChI is InChI=1S/C31H24F3N3O3/c1-18(2)19-11-14-22(15-12-19)37-26-17-21(31(32,33)34)13-16-24(26)28(29(37)38)36-35-27-23(20-7-4-3-5-8-20)9-6-10-25(27)30(39)40/h3-18,38H,1-2H3,(H,39,40). The number of aromatic carboxylic acids is 1. The Bertz CT molecular complexity index is 1740. The second-order valence-electron chi connectivity index (χ2n) is 9.56. The van der Waals surface area contributed by atoms with Crippen molar-refractivity contribution >= 4 is 28.2 Å². The number of alkyl halides is 3. The van der Waals surface area contributed by atoms with Crippen molar-refractivity contribution in [2.75, 3.05) is 0 Å². The summed E-state index contributed by atoms with van der Waals surface area (Å²) in [7, 11) is 0. The van der Waals surface area contributed by atoms with E-state index in [0.29, 0.717) is 16.8 Å². The van der Waals surface area contributed by atoms with Crippen molar-refractivity contribution in [1.82, 2.24) is 4.57 Å². The molecule has 0 amide bonds. The van der Waals surface area contributed by atoms with Gasteiger partial charge in [-0.15, -0.1) is 10.2 Å². The van der Waals surface area contributed by atoms with Crippen molar-refractivity contribution in [3.05, 3.63) is 108 Å². The molecule has 40 heavy (non-hydrogen) atoms. The number of rotatable bonds is 6. The van der Waals surface area contributed by atoms with Crippen LogP contribution in [0.15, 0.2) is 101 Å². The molecular weight excluding hydrogens is 519 g/mol. The van der Waals surface area contributed by atoms with E-state index in [2.05, 4.69) is 10.2 Å². The Balaban J connectivity index is 1.73. The number of hydrogen-bond acceptors (Lipinski definition) is 4. The molecule has 5 rings (SSSR count). The number of aromatic hydroxyl groups is 1. The first-order valence-corrected chi connectivity index (χ1v) is 12.4. The minimum Gasteiger partial charge on any atom is -0.493 e. The molecule has 4 aromatic carbocycles. The van der Waals surface area contributed by atoms with Gasteiger partial charge in [-0.3, -0.25) is 4.57 Å². The minimum absolute atomic E-state index is 0.0506. The highest BCUT2D eigenvalue weighted by molar-refractivity contribution is 5.99. The zero-order chi connectivity index (χ0) is 28.6. The van der Waals surface area contributed by atoms with E-state index in [4.69, 9.17) is 0 Å². The zero-order valence-corrected chi connectivity index (χ0v) is 21.5. The molecule has 2 N–H and O–H groups in total. The molecule has 0 bridgehead atoms. The van der Waals surface area contributed by atoms with Crippen LogP contribution in [0, 0.1) is 0 Å². The highest BCUT2D eigenvalue weighted by Crippen LogP contribution is 2.44. The second-order valence-corrected chi connectivity index (χ2v) is 9.56. The molecule has 0 atom stereocenters. The summed E-state index contributed by atoms with van der Waals surface area (Å²) in [5.41, 5.74) is 1.69. The number of azo groups is 1. The van der Waals surface area contributed by atoms with Crippen molar-refractivity contribution in [2.45, 2.75) is 25.9 Å². The largest absolute Gasteiger partial charge is 0.493 e. The van der Waals surface area contributed by atoms with Crippen molar-refractivity contribution in [3.8, 4) is 22.7 Å². The quantitative estimate of drug-likeness (QED) is 0.209. The van der Waals surface area contributed by atoms with Gasteiger partial charge >= 0.3 is 12.1 Å². The Morgan fingerprint density at radius 2 is 1.52 bits per heavy atom. The maximum absolute atomic E-state index is 13.6. The SMILES string of the molecule is CC(C)c1ccc(-n2c(O)c(N=Nc3c(C(=O)O)cccc3-c3ccccc3)c3ccc(C(F)(F)F)cc32)cc1. The number of aromatic nitrogens is 1. The highest BCUT2D eigenvalue weighted by Gasteiger charge is 2.32. The van der Waals surface area contributed by atoms with Crippen LogP contribution in [0.5, 0.6) is 5.88 Å². The summed E-state index contributed by atoms with van der Waals surface area (Å²) in [4.78, 5) is 12.0. The van der Waals surface area contributed by atoms with E-state index in [1.807, 2.05) is 32.0 Å². The smallest absolute Gasteiger partial charge is 0.416 e. The molecule has 0 aliphatic carbocycles. The van der Waals surface area contributed by atoms with Crippen LogP contribution >= 0.6 is 0 Å². The van der Waals surface area contributed by atoms with Crippen molar-refractivity contribution in [1.29, 1.82) is 0 Å². The number of carbonyl (C=O) groups is 1. The molecule has 0 unspecified atom stereocenters.